The molecule has 0 aromatic carbocycles. The number of carboxylic acids is 1. The largest absolute Gasteiger partial charge is 0.481 e. The SMILES string of the molecule is NCC(Br)CC(=O)O. The van der Waals surface area contributed by atoms with Crippen molar-refractivity contribution >= 4 is 21.9 Å². The highest BCUT2D eigenvalue weighted by Gasteiger charge is 2.05. The monoisotopic (exact) mass is 181 g/mol. The lowest BCUT2D eigenvalue weighted by molar-refractivity contribution is -0.136. The van der Waals surface area contributed by atoms with Crippen LogP contribution in [0.3, 0.4) is 0 Å². The van der Waals surface area contributed by atoms with E-state index in [-0.39, 0.29) is 11.2 Å². The fraction of sp³-hybridized carbons (Fsp3) is 0.750. The molecule has 0 aliphatic heterocycles. The Kier molecular flexibility index (Phi) is 3.81. The molecule has 48 valence electrons. The molecule has 3 nitrogen and oxygen atoms in total. The normalized spacial score (nSPS) is 13.2. The molecule has 0 saturated carbocycles. The van der Waals surface area contributed by atoms with Crippen molar-refractivity contribution in [3.05, 3.63) is 0 Å². The molecule has 0 bridgehead atoms. The van der Waals surface area contributed by atoms with Crippen LogP contribution in [-0.2, 0) is 4.79 Å². The van der Waals surface area contributed by atoms with Crippen LogP contribution < -0.4 is 5.73 Å². The Morgan fingerprint density at radius 3 is 2.50 bits per heavy atom. The highest BCUT2D eigenvalue weighted by atomic mass is 79.9. The van der Waals surface area contributed by atoms with E-state index in [1.807, 2.05) is 0 Å². The summed E-state index contributed by atoms with van der Waals surface area (Å²) in [5.41, 5.74) is 5.11. The summed E-state index contributed by atoms with van der Waals surface area (Å²) in [5, 5.41) is 8.13. The number of hydrogen-bond donors (Lipinski definition) is 2. The van der Waals surface area contributed by atoms with Gasteiger partial charge in [0.25, 0.3) is 0 Å². The van der Waals surface area contributed by atoms with Gasteiger partial charge in [0.2, 0.25) is 0 Å². The number of alkyl halides is 1. The summed E-state index contributed by atoms with van der Waals surface area (Å²) in [6.07, 6.45) is 0.0938. The van der Waals surface area contributed by atoms with Crippen LogP contribution in [0.4, 0.5) is 0 Å². The van der Waals surface area contributed by atoms with Gasteiger partial charge < -0.3 is 10.8 Å². The van der Waals surface area contributed by atoms with Gasteiger partial charge in [-0.15, -0.1) is 0 Å². The van der Waals surface area contributed by atoms with Crippen LogP contribution in [-0.4, -0.2) is 22.4 Å². The van der Waals surface area contributed by atoms with E-state index in [0.29, 0.717) is 6.54 Å². The van der Waals surface area contributed by atoms with Crippen molar-refractivity contribution in [2.75, 3.05) is 6.54 Å². The second-order valence-corrected chi connectivity index (χ2v) is 2.73. The first-order chi connectivity index (χ1) is 3.66. The summed E-state index contributed by atoms with van der Waals surface area (Å²) in [6.45, 7) is 0.367. The molecule has 0 fully saturated rings. The van der Waals surface area contributed by atoms with E-state index < -0.39 is 5.97 Å². The summed E-state index contributed by atoms with van der Waals surface area (Å²) < 4.78 is 0. The summed E-state index contributed by atoms with van der Waals surface area (Å²) in [6, 6.07) is 0. The number of nitrogens with two attached hydrogens (primary N) is 1. The lowest BCUT2D eigenvalue weighted by Gasteiger charge is -1.98. The molecule has 0 rings (SSSR count). The average Bonchev–Trinajstić information content (AvgIpc) is 1.65. The smallest absolute Gasteiger partial charge is 0.304 e. The zero-order valence-electron chi connectivity index (χ0n) is 4.30. The van der Waals surface area contributed by atoms with Crippen molar-refractivity contribution in [1.29, 1.82) is 0 Å². The van der Waals surface area contributed by atoms with E-state index >= 15 is 0 Å². The first kappa shape index (κ1) is 7.91. The average molecular weight is 182 g/mol. The van der Waals surface area contributed by atoms with Crippen LogP contribution in [0, 0.1) is 0 Å². The topological polar surface area (TPSA) is 63.3 Å². The quantitative estimate of drug-likeness (QED) is 0.612. The Morgan fingerprint density at radius 1 is 1.88 bits per heavy atom. The fourth-order valence-electron chi connectivity index (χ4n) is 0.273. The molecular formula is C4H8BrNO2. The number of carbonyl (C=O) groups is 1. The van der Waals surface area contributed by atoms with E-state index in [1.165, 1.54) is 0 Å². The van der Waals surface area contributed by atoms with Gasteiger partial charge in [-0.1, -0.05) is 15.9 Å². The highest BCUT2D eigenvalue weighted by Crippen LogP contribution is 2.00. The van der Waals surface area contributed by atoms with Gasteiger partial charge in [-0.3, -0.25) is 4.79 Å². The Balaban J connectivity index is 3.24. The number of carboxylic acid groups (broad SMARTS) is 1. The molecule has 0 heterocycles. The summed E-state index contributed by atoms with van der Waals surface area (Å²) in [5.74, 6) is -0.822. The van der Waals surface area contributed by atoms with Crippen molar-refractivity contribution in [2.45, 2.75) is 11.2 Å². The van der Waals surface area contributed by atoms with E-state index in [2.05, 4.69) is 15.9 Å². The molecule has 0 aliphatic carbocycles. The van der Waals surface area contributed by atoms with Gasteiger partial charge in [0, 0.05) is 11.4 Å². The molecule has 3 N–H and O–H groups in total. The Bertz CT molecular complexity index is 86.1. The van der Waals surface area contributed by atoms with Crippen LogP contribution in [0.2, 0.25) is 0 Å². The third kappa shape index (κ3) is 4.08. The maximum absolute atomic E-state index is 9.88. The molecular weight excluding hydrogens is 174 g/mol. The molecule has 0 aliphatic rings. The number of rotatable bonds is 3. The summed E-state index contributed by atoms with van der Waals surface area (Å²) in [7, 11) is 0. The van der Waals surface area contributed by atoms with Crippen molar-refractivity contribution in [2.24, 2.45) is 5.73 Å². The van der Waals surface area contributed by atoms with E-state index in [9.17, 15) is 4.79 Å². The predicted molar refractivity (Wildman–Crippen MR) is 34.0 cm³/mol. The van der Waals surface area contributed by atoms with Crippen molar-refractivity contribution < 1.29 is 9.90 Å². The van der Waals surface area contributed by atoms with Crippen LogP contribution in [0.1, 0.15) is 6.42 Å². The van der Waals surface area contributed by atoms with Crippen LogP contribution in [0.5, 0.6) is 0 Å². The molecule has 1 atom stereocenters. The Labute approximate surface area is 56.0 Å². The van der Waals surface area contributed by atoms with Gasteiger partial charge in [-0.2, -0.15) is 0 Å². The van der Waals surface area contributed by atoms with Crippen molar-refractivity contribution in [1.82, 2.24) is 0 Å². The predicted octanol–water partition coefficient (Wildman–Crippen LogP) is 0.183. The lowest BCUT2D eigenvalue weighted by Crippen LogP contribution is -2.16. The number of hydrogen-bond acceptors (Lipinski definition) is 2. The molecule has 4 heteroatoms. The van der Waals surface area contributed by atoms with Gasteiger partial charge in [-0.25, -0.2) is 0 Å². The zero-order chi connectivity index (χ0) is 6.57. The second kappa shape index (κ2) is 3.86. The molecule has 0 saturated heterocycles. The Hall–Kier alpha value is -0.0900. The van der Waals surface area contributed by atoms with Crippen molar-refractivity contribution in [3.8, 4) is 0 Å². The molecule has 0 aromatic heterocycles. The minimum absolute atomic E-state index is 0.0833. The van der Waals surface area contributed by atoms with E-state index in [4.69, 9.17) is 10.8 Å². The van der Waals surface area contributed by atoms with E-state index in [1.54, 1.807) is 0 Å². The molecule has 0 radical (unpaired) electrons. The standard InChI is InChI=1S/C4H8BrNO2/c5-3(2-6)1-4(7)8/h3H,1-2,6H2,(H,7,8). The third-order valence-electron chi connectivity index (χ3n) is 0.652. The number of halogens is 1. The zero-order valence-corrected chi connectivity index (χ0v) is 5.89. The maximum atomic E-state index is 9.88. The number of aliphatic carboxylic acids is 1. The molecule has 1 unspecified atom stereocenters. The first-order valence-electron chi connectivity index (χ1n) is 2.22. The fourth-order valence-corrected chi connectivity index (χ4v) is 0.550. The Morgan fingerprint density at radius 2 is 2.38 bits per heavy atom. The van der Waals surface area contributed by atoms with Crippen molar-refractivity contribution in [3.63, 3.8) is 0 Å². The molecule has 0 spiro atoms. The minimum atomic E-state index is -0.822. The van der Waals surface area contributed by atoms with Gasteiger partial charge in [-0.05, 0) is 0 Å². The summed E-state index contributed by atoms with van der Waals surface area (Å²) in [4.78, 5) is 9.80. The molecule has 0 amide bonds. The van der Waals surface area contributed by atoms with Gasteiger partial charge in [0.15, 0.2) is 0 Å². The van der Waals surface area contributed by atoms with Gasteiger partial charge >= 0.3 is 5.97 Å². The highest BCUT2D eigenvalue weighted by molar-refractivity contribution is 9.09. The third-order valence-corrected chi connectivity index (χ3v) is 1.35. The van der Waals surface area contributed by atoms with Gasteiger partial charge in [0.05, 0.1) is 6.42 Å². The van der Waals surface area contributed by atoms with Crippen LogP contribution >= 0.6 is 15.9 Å². The summed E-state index contributed by atoms with van der Waals surface area (Å²) >= 11 is 3.07. The van der Waals surface area contributed by atoms with E-state index in [0.717, 1.165) is 0 Å². The molecule has 0 aromatic rings. The molecule has 8 heavy (non-hydrogen) atoms. The minimum Gasteiger partial charge on any atom is -0.481 e. The lowest BCUT2D eigenvalue weighted by atomic mass is 10.3. The maximum Gasteiger partial charge on any atom is 0.304 e. The van der Waals surface area contributed by atoms with Crippen LogP contribution in [0.25, 0.3) is 0 Å². The van der Waals surface area contributed by atoms with Crippen LogP contribution in [0.15, 0.2) is 0 Å². The first-order valence-corrected chi connectivity index (χ1v) is 3.14. The van der Waals surface area contributed by atoms with Gasteiger partial charge in [0.1, 0.15) is 0 Å². The second-order valence-electron chi connectivity index (χ2n) is 1.43.